The summed E-state index contributed by atoms with van der Waals surface area (Å²) in [5.41, 5.74) is 1.11. The lowest BCUT2D eigenvalue weighted by Gasteiger charge is -2.07. The third-order valence-corrected chi connectivity index (χ3v) is 2.24. The summed E-state index contributed by atoms with van der Waals surface area (Å²) >= 11 is 0. The van der Waals surface area contributed by atoms with Gasteiger partial charge in [-0.05, 0) is 18.6 Å². The number of aliphatic hydroxyl groups excluding tert-OH is 3. The third kappa shape index (κ3) is 8.58. The Balaban J connectivity index is 0.000000384. The predicted molar refractivity (Wildman–Crippen MR) is 73.9 cm³/mol. The van der Waals surface area contributed by atoms with Gasteiger partial charge in [0.2, 0.25) is 0 Å². The second-order valence-corrected chi connectivity index (χ2v) is 3.94. The van der Waals surface area contributed by atoms with Crippen LogP contribution in [0, 0.1) is 0 Å². The Hall–Kier alpha value is -2.16. The molecule has 2 unspecified atom stereocenters. The molecule has 2 atom stereocenters. The van der Waals surface area contributed by atoms with Gasteiger partial charge in [-0.1, -0.05) is 18.2 Å². The molecule has 0 bridgehead atoms. The maximum absolute atomic E-state index is 9.77. The fraction of sp³-hybridized carbons (Fsp3) is 0.385. The number of hydrogen-bond acceptors (Lipinski definition) is 6. The number of carboxylic acid groups (broad SMARTS) is 2. The van der Waals surface area contributed by atoms with Gasteiger partial charge in [0.1, 0.15) is 0 Å². The summed E-state index contributed by atoms with van der Waals surface area (Å²) < 4.78 is 0. The molecule has 6 N–H and O–H groups in total. The lowest BCUT2D eigenvalue weighted by molar-refractivity contribution is -0.165. The van der Waals surface area contributed by atoms with Crippen molar-refractivity contribution in [1.29, 1.82) is 0 Å². The van der Waals surface area contributed by atoms with Crippen LogP contribution in [0.5, 0.6) is 0 Å². The van der Waals surface area contributed by atoms with Gasteiger partial charge in [0.15, 0.2) is 12.2 Å². The number of anilines is 1. The fourth-order valence-corrected chi connectivity index (χ4v) is 1.14. The molecular formula is C13H19NO7. The minimum atomic E-state index is -2.27. The first-order valence-corrected chi connectivity index (χ1v) is 6.11. The number of rotatable bonds is 7. The summed E-state index contributed by atoms with van der Waals surface area (Å²) in [6.07, 6.45) is -3.73. The summed E-state index contributed by atoms with van der Waals surface area (Å²) in [5, 5.41) is 44.2. The highest BCUT2D eigenvalue weighted by Gasteiger charge is 2.29. The SMILES string of the molecule is O=C(O)C(O)C(O)C(=O)O.OCCCNc1ccccc1. The molecule has 0 aliphatic heterocycles. The Kier molecular flexibility index (Phi) is 9.52. The van der Waals surface area contributed by atoms with Crippen LogP contribution in [0.15, 0.2) is 30.3 Å². The van der Waals surface area contributed by atoms with E-state index in [-0.39, 0.29) is 6.61 Å². The van der Waals surface area contributed by atoms with E-state index in [9.17, 15) is 9.59 Å². The van der Waals surface area contributed by atoms with E-state index in [1.165, 1.54) is 0 Å². The maximum atomic E-state index is 9.77. The minimum absolute atomic E-state index is 0.250. The number of aliphatic carboxylic acids is 2. The lowest BCUT2D eigenvalue weighted by atomic mass is 10.2. The standard InChI is InChI=1S/C9H13NO.C4H6O6/c11-8-4-7-10-9-5-2-1-3-6-9;5-1(3(7)8)2(6)4(9)10/h1-3,5-6,10-11H,4,7-8H2;1-2,5-6H,(H,7,8)(H,9,10). The normalized spacial score (nSPS) is 12.5. The highest BCUT2D eigenvalue weighted by molar-refractivity contribution is 5.83. The zero-order valence-electron chi connectivity index (χ0n) is 11.2. The Bertz CT molecular complexity index is 406. The van der Waals surface area contributed by atoms with Crippen molar-refractivity contribution in [2.24, 2.45) is 0 Å². The van der Waals surface area contributed by atoms with Crippen LogP contribution in [0.1, 0.15) is 6.42 Å². The number of carbonyl (C=O) groups is 2. The van der Waals surface area contributed by atoms with Gasteiger partial charge in [-0.15, -0.1) is 0 Å². The van der Waals surface area contributed by atoms with E-state index >= 15 is 0 Å². The zero-order valence-corrected chi connectivity index (χ0v) is 11.2. The van der Waals surface area contributed by atoms with Gasteiger partial charge < -0.3 is 30.8 Å². The molecule has 0 radical (unpaired) electrons. The van der Waals surface area contributed by atoms with Crippen molar-refractivity contribution in [3.63, 3.8) is 0 Å². The molecule has 0 spiro atoms. The molecule has 8 heteroatoms. The van der Waals surface area contributed by atoms with Crippen molar-refractivity contribution in [2.45, 2.75) is 18.6 Å². The number of para-hydroxylation sites is 1. The summed E-state index contributed by atoms with van der Waals surface area (Å²) in [4.78, 5) is 19.5. The molecule has 1 rings (SSSR count). The van der Waals surface area contributed by atoms with Gasteiger partial charge in [-0.3, -0.25) is 0 Å². The van der Waals surface area contributed by atoms with Gasteiger partial charge in [-0.2, -0.15) is 0 Å². The van der Waals surface area contributed by atoms with Crippen LogP contribution in [0.3, 0.4) is 0 Å². The van der Waals surface area contributed by atoms with E-state index in [1.54, 1.807) is 0 Å². The van der Waals surface area contributed by atoms with Crippen molar-refractivity contribution in [2.75, 3.05) is 18.5 Å². The Morgan fingerprint density at radius 2 is 1.48 bits per heavy atom. The summed E-state index contributed by atoms with van der Waals surface area (Å²) in [6, 6.07) is 9.98. The van der Waals surface area contributed by atoms with Crippen LogP contribution >= 0.6 is 0 Å². The number of carboxylic acids is 2. The molecule has 0 saturated heterocycles. The number of aliphatic hydroxyl groups is 3. The van der Waals surface area contributed by atoms with Crippen LogP contribution in [0.2, 0.25) is 0 Å². The summed E-state index contributed by atoms with van der Waals surface area (Å²) in [7, 11) is 0. The van der Waals surface area contributed by atoms with Crippen molar-refractivity contribution in [3.05, 3.63) is 30.3 Å². The van der Waals surface area contributed by atoms with Gasteiger partial charge >= 0.3 is 11.9 Å². The lowest BCUT2D eigenvalue weighted by Crippen LogP contribution is -2.39. The molecule has 8 nitrogen and oxygen atoms in total. The molecule has 0 aliphatic rings. The van der Waals surface area contributed by atoms with Gasteiger partial charge in [0.25, 0.3) is 0 Å². The maximum Gasteiger partial charge on any atom is 0.335 e. The number of benzene rings is 1. The first-order chi connectivity index (χ1) is 9.90. The average molecular weight is 301 g/mol. The van der Waals surface area contributed by atoms with Gasteiger partial charge in [0, 0.05) is 18.8 Å². The third-order valence-electron chi connectivity index (χ3n) is 2.24. The second kappa shape index (κ2) is 10.6. The molecule has 118 valence electrons. The molecule has 0 aromatic heterocycles. The quantitative estimate of drug-likeness (QED) is 0.364. The van der Waals surface area contributed by atoms with E-state index in [1.807, 2.05) is 30.3 Å². The van der Waals surface area contributed by atoms with E-state index < -0.39 is 24.1 Å². The fourth-order valence-electron chi connectivity index (χ4n) is 1.14. The molecule has 1 aromatic carbocycles. The van der Waals surface area contributed by atoms with E-state index in [0.717, 1.165) is 18.7 Å². The first kappa shape index (κ1) is 18.8. The van der Waals surface area contributed by atoms with Crippen molar-refractivity contribution >= 4 is 17.6 Å². The molecule has 0 heterocycles. The van der Waals surface area contributed by atoms with Crippen LogP contribution in [-0.4, -0.2) is 62.8 Å². The highest BCUT2D eigenvalue weighted by atomic mass is 16.4. The Morgan fingerprint density at radius 3 is 1.86 bits per heavy atom. The zero-order chi connectivity index (χ0) is 16.3. The molecule has 1 aromatic rings. The second-order valence-electron chi connectivity index (χ2n) is 3.94. The highest BCUT2D eigenvalue weighted by Crippen LogP contribution is 2.03. The van der Waals surface area contributed by atoms with Crippen LogP contribution in [0.25, 0.3) is 0 Å². The predicted octanol–water partition coefficient (Wildman–Crippen LogP) is -0.642. The Morgan fingerprint density at radius 1 is 1.00 bits per heavy atom. The molecule has 0 amide bonds. The van der Waals surface area contributed by atoms with Crippen LogP contribution in [0.4, 0.5) is 5.69 Å². The summed E-state index contributed by atoms with van der Waals surface area (Å²) in [6.45, 7) is 1.08. The van der Waals surface area contributed by atoms with E-state index in [0.29, 0.717) is 0 Å². The summed E-state index contributed by atoms with van der Waals surface area (Å²) in [5.74, 6) is -3.54. The molecule has 0 saturated carbocycles. The van der Waals surface area contributed by atoms with Gasteiger partial charge in [-0.25, -0.2) is 9.59 Å². The minimum Gasteiger partial charge on any atom is -0.479 e. The van der Waals surface area contributed by atoms with Crippen LogP contribution < -0.4 is 5.32 Å². The monoisotopic (exact) mass is 301 g/mol. The largest absolute Gasteiger partial charge is 0.479 e. The molecule has 21 heavy (non-hydrogen) atoms. The van der Waals surface area contributed by atoms with Gasteiger partial charge in [0.05, 0.1) is 0 Å². The smallest absolute Gasteiger partial charge is 0.335 e. The van der Waals surface area contributed by atoms with Crippen molar-refractivity contribution in [3.8, 4) is 0 Å². The topological polar surface area (TPSA) is 147 Å². The van der Waals surface area contributed by atoms with E-state index in [2.05, 4.69) is 5.32 Å². The first-order valence-electron chi connectivity index (χ1n) is 6.11. The van der Waals surface area contributed by atoms with Crippen molar-refractivity contribution < 1.29 is 35.1 Å². The van der Waals surface area contributed by atoms with Crippen LogP contribution in [-0.2, 0) is 9.59 Å². The molecular weight excluding hydrogens is 282 g/mol. The number of nitrogens with one attached hydrogen (secondary N) is 1. The average Bonchev–Trinajstić information content (AvgIpc) is 2.47. The molecule has 0 aliphatic carbocycles. The Labute approximate surface area is 121 Å². The van der Waals surface area contributed by atoms with Crippen molar-refractivity contribution in [1.82, 2.24) is 0 Å². The molecule has 0 fully saturated rings. The van der Waals surface area contributed by atoms with E-state index in [4.69, 9.17) is 25.5 Å². The number of hydrogen-bond donors (Lipinski definition) is 6.